The number of carbonyl (C=O) groups is 1. The van der Waals surface area contributed by atoms with Crippen molar-refractivity contribution in [3.8, 4) is 17.6 Å². The third kappa shape index (κ3) is 3.40. The van der Waals surface area contributed by atoms with Gasteiger partial charge in [0.15, 0.2) is 11.5 Å². The Morgan fingerprint density at radius 3 is 2.58 bits per heavy atom. The number of benzene rings is 1. The van der Waals surface area contributed by atoms with Gasteiger partial charge in [-0.1, -0.05) is 6.07 Å². The molecule has 7 nitrogen and oxygen atoms in total. The van der Waals surface area contributed by atoms with Crippen molar-refractivity contribution in [3.05, 3.63) is 47.7 Å². The van der Waals surface area contributed by atoms with E-state index in [1.807, 2.05) is 0 Å². The van der Waals surface area contributed by atoms with E-state index < -0.39 is 0 Å². The summed E-state index contributed by atoms with van der Waals surface area (Å²) in [6, 6.07) is 10.9. The average molecular weight is 352 g/mol. The molecule has 0 bridgehead atoms. The van der Waals surface area contributed by atoms with Gasteiger partial charge in [-0.05, 0) is 24.3 Å². The van der Waals surface area contributed by atoms with Crippen LogP contribution in [-0.4, -0.2) is 56.2 Å². The Morgan fingerprint density at radius 2 is 1.92 bits per heavy atom. The van der Waals surface area contributed by atoms with Gasteiger partial charge >= 0.3 is 0 Å². The number of aromatic nitrogens is 1. The zero-order chi connectivity index (χ0) is 18.5. The first-order chi connectivity index (χ1) is 12.7. The number of nitriles is 1. The molecule has 0 atom stereocenters. The Kier molecular flexibility index (Phi) is 5.23. The highest BCUT2D eigenvalue weighted by Crippen LogP contribution is 2.31. The number of para-hydroxylation sites is 1. The minimum atomic E-state index is -0.0841. The van der Waals surface area contributed by atoms with E-state index in [0.29, 0.717) is 48.8 Å². The average Bonchev–Trinajstić information content (AvgIpc) is 2.72. The summed E-state index contributed by atoms with van der Waals surface area (Å²) in [4.78, 5) is 21.1. The van der Waals surface area contributed by atoms with Crippen LogP contribution >= 0.6 is 0 Å². The third-order valence-electron chi connectivity index (χ3n) is 4.40. The fourth-order valence-corrected chi connectivity index (χ4v) is 3.03. The molecule has 1 aromatic heterocycles. The van der Waals surface area contributed by atoms with Crippen LogP contribution in [0.15, 0.2) is 36.5 Å². The first-order valence-corrected chi connectivity index (χ1v) is 8.29. The summed E-state index contributed by atoms with van der Waals surface area (Å²) in [7, 11) is 3.08. The maximum Gasteiger partial charge on any atom is 0.257 e. The summed E-state index contributed by atoms with van der Waals surface area (Å²) in [5.41, 5.74) is 1.07. The van der Waals surface area contributed by atoms with Crippen molar-refractivity contribution in [2.45, 2.75) is 0 Å². The molecule has 134 valence electrons. The molecule has 1 amide bonds. The van der Waals surface area contributed by atoms with Gasteiger partial charge in [-0.15, -0.1) is 0 Å². The molecule has 1 fully saturated rings. The number of hydrogen-bond donors (Lipinski definition) is 0. The number of rotatable bonds is 4. The molecule has 3 rings (SSSR count). The fourth-order valence-electron chi connectivity index (χ4n) is 3.03. The highest BCUT2D eigenvalue weighted by atomic mass is 16.5. The molecule has 0 radical (unpaired) electrons. The molecule has 0 aliphatic carbocycles. The lowest BCUT2D eigenvalue weighted by molar-refractivity contribution is 0.0742. The van der Waals surface area contributed by atoms with Crippen molar-refractivity contribution in [1.29, 1.82) is 5.26 Å². The van der Waals surface area contributed by atoms with Gasteiger partial charge in [0.2, 0.25) is 0 Å². The van der Waals surface area contributed by atoms with Crippen LogP contribution in [0.25, 0.3) is 0 Å². The van der Waals surface area contributed by atoms with Gasteiger partial charge in [-0.25, -0.2) is 4.98 Å². The molecular formula is C19H20N4O3. The maximum absolute atomic E-state index is 12.9. The van der Waals surface area contributed by atoms with Gasteiger partial charge in [0.25, 0.3) is 5.91 Å². The van der Waals surface area contributed by atoms with Crippen molar-refractivity contribution in [1.82, 2.24) is 9.88 Å². The number of pyridine rings is 1. The van der Waals surface area contributed by atoms with Crippen molar-refractivity contribution < 1.29 is 14.3 Å². The highest BCUT2D eigenvalue weighted by Gasteiger charge is 2.26. The number of amides is 1. The number of methoxy groups -OCH3 is 2. The molecule has 2 aromatic rings. The van der Waals surface area contributed by atoms with Gasteiger partial charge in [0.1, 0.15) is 5.82 Å². The minimum absolute atomic E-state index is 0.0841. The van der Waals surface area contributed by atoms with Crippen LogP contribution in [0.5, 0.6) is 11.5 Å². The number of carbonyl (C=O) groups excluding carboxylic acids is 1. The van der Waals surface area contributed by atoms with E-state index in [1.54, 1.807) is 48.5 Å². The minimum Gasteiger partial charge on any atom is -0.493 e. The summed E-state index contributed by atoms with van der Waals surface area (Å²) in [6.45, 7) is 2.44. The summed E-state index contributed by atoms with van der Waals surface area (Å²) in [6.07, 6.45) is 1.63. The number of anilines is 1. The smallest absolute Gasteiger partial charge is 0.257 e. The molecule has 0 unspecified atom stereocenters. The van der Waals surface area contributed by atoms with E-state index in [2.05, 4.69) is 16.0 Å². The van der Waals surface area contributed by atoms with Crippen molar-refractivity contribution >= 4 is 11.7 Å². The predicted molar refractivity (Wildman–Crippen MR) is 96.6 cm³/mol. The number of nitrogens with zero attached hydrogens (tertiary/aromatic N) is 4. The normalized spacial score (nSPS) is 13.9. The van der Waals surface area contributed by atoms with Crippen LogP contribution in [0, 0.1) is 11.3 Å². The topological polar surface area (TPSA) is 78.7 Å². The number of ether oxygens (including phenoxy) is 2. The first kappa shape index (κ1) is 17.5. The number of hydrogen-bond acceptors (Lipinski definition) is 6. The van der Waals surface area contributed by atoms with Gasteiger partial charge in [0.05, 0.1) is 31.4 Å². The number of piperazine rings is 1. The quantitative estimate of drug-likeness (QED) is 0.837. The second-order valence-electron chi connectivity index (χ2n) is 5.83. The Balaban J connectivity index is 1.72. The van der Waals surface area contributed by atoms with E-state index >= 15 is 0 Å². The van der Waals surface area contributed by atoms with E-state index in [1.165, 1.54) is 7.11 Å². The molecule has 1 aliphatic heterocycles. The monoisotopic (exact) mass is 352 g/mol. The SMILES string of the molecule is COc1cccc(C(=O)N2CCN(c3cc(C#N)ccn3)CC2)c1OC. The summed E-state index contributed by atoms with van der Waals surface area (Å²) >= 11 is 0. The summed E-state index contributed by atoms with van der Waals surface area (Å²) in [5.74, 6) is 1.66. The van der Waals surface area contributed by atoms with Gasteiger partial charge in [-0.2, -0.15) is 5.26 Å². The van der Waals surface area contributed by atoms with E-state index in [9.17, 15) is 4.79 Å². The molecule has 1 saturated heterocycles. The highest BCUT2D eigenvalue weighted by molar-refractivity contribution is 5.98. The van der Waals surface area contributed by atoms with Crippen LogP contribution in [0.3, 0.4) is 0 Å². The van der Waals surface area contributed by atoms with Crippen LogP contribution in [0.2, 0.25) is 0 Å². The predicted octanol–water partition coefficient (Wildman–Crippen LogP) is 1.93. The zero-order valence-corrected chi connectivity index (χ0v) is 14.8. The van der Waals surface area contributed by atoms with E-state index in [-0.39, 0.29) is 5.91 Å². The molecule has 0 saturated carbocycles. The fraction of sp³-hybridized carbons (Fsp3) is 0.316. The molecule has 1 aromatic carbocycles. The molecule has 7 heteroatoms. The molecule has 2 heterocycles. The van der Waals surface area contributed by atoms with Crippen LogP contribution in [0.4, 0.5) is 5.82 Å². The Labute approximate surface area is 152 Å². The standard InChI is InChI=1S/C19H20N4O3/c1-25-16-5-3-4-15(18(16)26-2)19(24)23-10-8-22(9-11-23)17-12-14(13-20)6-7-21-17/h3-7,12H,8-11H2,1-2H3. The maximum atomic E-state index is 12.9. The van der Waals surface area contributed by atoms with Crippen molar-refractivity contribution in [2.75, 3.05) is 45.3 Å². The Bertz CT molecular complexity index is 839. The van der Waals surface area contributed by atoms with Crippen molar-refractivity contribution in [3.63, 3.8) is 0 Å². The van der Waals surface area contributed by atoms with E-state index in [0.717, 1.165) is 5.82 Å². The third-order valence-corrected chi connectivity index (χ3v) is 4.40. The van der Waals surface area contributed by atoms with E-state index in [4.69, 9.17) is 14.7 Å². The Hall–Kier alpha value is -3.27. The molecule has 1 aliphatic rings. The van der Waals surface area contributed by atoms with Crippen LogP contribution in [0.1, 0.15) is 15.9 Å². The van der Waals surface area contributed by atoms with Crippen molar-refractivity contribution in [2.24, 2.45) is 0 Å². The van der Waals surface area contributed by atoms with Gasteiger partial charge in [-0.3, -0.25) is 4.79 Å². The second-order valence-corrected chi connectivity index (χ2v) is 5.83. The Morgan fingerprint density at radius 1 is 1.15 bits per heavy atom. The van der Waals surface area contributed by atoms with Crippen LogP contribution < -0.4 is 14.4 Å². The molecule has 0 spiro atoms. The van der Waals surface area contributed by atoms with Gasteiger partial charge in [0, 0.05) is 32.4 Å². The molecule has 26 heavy (non-hydrogen) atoms. The van der Waals surface area contributed by atoms with Gasteiger partial charge < -0.3 is 19.3 Å². The lowest BCUT2D eigenvalue weighted by atomic mass is 10.1. The summed E-state index contributed by atoms with van der Waals surface area (Å²) < 4.78 is 10.6. The lowest BCUT2D eigenvalue weighted by Crippen LogP contribution is -2.49. The van der Waals surface area contributed by atoms with Crippen LogP contribution in [-0.2, 0) is 0 Å². The summed E-state index contributed by atoms with van der Waals surface area (Å²) in [5, 5.41) is 9.02. The molecule has 0 N–H and O–H groups in total. The first-order valence-electron chi connectivity index (χ1n) is 8.29. The largest absolute Gasteiger partial charge is 0.493 e. The molecular weight excluding hydrogens is 332 g/mol. The second kappa shape index (κ2) is 7.74. The lowest BCUT2D eigenvalue weighted by Gasteiger charge is -2.35. The zero-order valence-electron chi connectivity index (χ0n) is 14.8.